The van der Waals surface area contributed by atoms with E-state index in [9.17, 15) is 14.7 Å². The van der Waals surface area contributed by atoms with Crippen LogP contribution in [0.3, 0.4) is 0 Å². The molecule has 1 amide bonds. The zero-order valence-electron chi connectivity index (χ0n) is 20.5. The number of fused-ring (bicyclic) bond motifs is 3. The molecule has 0 aliphatic heterocycles. The molecule has 0 spiro atoms. The van der Waals surface area contributed by atoms with Gasteiger partial charge in [-0.25, -0.2) is 9.59 Å². The fourth-order valence-electron chi connectivity index (χ4n) is 5.32. The summed E-state index contributed by atoms with van der Waals surface area (Å²) in [5, 5.41) is 10.4. The minimum atomic E-state index is -1.28. The monoisotopic (exact) mass is 451 g/mol. The smallest absolute Gasteiger partial charge is 0.410 e. The Morgan fingerprint density at radius 3 is 1.85 bits per heavy atom. The maximum absolute atomic E-state index is 13.5. The van der Waals surface area contributed by atoms with Crippen LogP contribution in [0.4, 0.5) is 4.79 Å². The highest BCUT2D eigenvalue weighted by atomic mass is 16.6. The molecule has 1 N–H and O–H groups in total. The summed E-state index contributed by atoms with van der Waals surface area (Å²) in [7, 11) is 0. The summed E-state index contributed by atoms with van der Waals surface area (Å²) in [5.41, 5.74) is 3.34. The summed E-state index contributed by atoms with van der Waals surface area (Å²) in [6, 6.07) is 16.4. The number of carboxylic acid groups (broad SMARTS) is 1. The first-order chi connectivity index (χ1) is 15.7. The number of rotatable bonds is 10. The third-order valence-electron chi connectivity index (χ3n) is 6.41. The number of benzene rings is 2. The lowest BCUT2D eigenvalue weighted by molar-refractivity contribution is -0.153. The van der Waals surface area contributed by atoms with Gasteiger partial charge in [-0.1, -0.05) is 83.1 Å². The predicted octanol–water partition coefficient (Wildman–Crippen LogP) is 6.56. The van der Waals surface area contributed by atoms with E-state index in [0.717, 1.165) is 11.1 Å². The van der Waals surface area contributed by atoms with Gasteiger partial charge in [0.15, 0.2) is 0 Å². The standard InChI is InChI=1S/C28H37NO4/c1-6-15-29(28(26(30)31,16-19(2)3)17-20(4)5)27(32)33-18-25-23-13-9-7-11-21(23)22-12-8-10-14-24(22)25/h7-14,19-20,25H,6,15-18H2,1-5H3,(H,30,31). The van der Waals surface area contributed by atoms with Gasteiger partial charge in [-0.3, -0.25) is 4.90 Å². The zero-order chi connectivity index (χ0) is 24.2. The van der Waals surface area contributed by atoms with Crippen LogP contribution >= 0.6 is 0 Å². The maximum Gasteiger partial charge on any atom is 0.410 e. The summed E-state index contributed by atoms with van der Waals surface area (Å²) in [6.07, 6.45) is 0.910. The highest BCUT2D eigenvalue weighted by Gasteiger charge is 2.48. The van der Waals surface area contributed by atoms with Crippen LogP contribution in [-0.2, 0) is 9.53 Å². The number of hydrogen-bond donors (Lipinski definition) is 1. The quantitative estimate of drug-likeness (QED) is 0.444. The molecule has 0 heterocycles. The van der Waals surface area contributed by atoms with Crippen LogP contribution in [0.15, 0.2) is 48.5 Å². The first-order valence-electron chi connectivity index (χ1n) is 12.1. The van der Waals surface area contributed by atoms with E-state index in [2.05, 4.69) is 24.3 Å². The SMILES string of the molecule is CCCN(C(=O)OCC1c2ccccc2-c2ccccc21)C(CC(C)C)(CC(C)C)C(=O)O. The molecule has 0 bridgehead atoms. The van der Waals surface area contributed by atoms with Crippen molar-refractivity contribution in [1.29, 1.82) is 0 Å². The molecule has 33 heavy (non-hydrogen) atoms. The fourth-order valence-corrected chi connectivity index (χ4v) is 5.32. The number of aliphatic carboxylic acids is 1. The van der Waals surface area contributed by atoms with Crippen molar-refractivity contribution in [2.24, 2.45) is 11.8 Å². The number of carboxylic acids is 1. The molecule has 0 atom stereocenters. The normalized spacial score (nSPS) is 13.2. The Balaban J connectivity index is 1.89. The molecule has 2 aromatic carbocycles. The van der Waals surface area contributed by atoms with Gasteiger partial charge in [0.2, 0.25) is 0 Å². The molecular formula is C28H37NO4. The summed E-state index contributed by atoms with van der Waals surface area (Å²) in [5.74, 6) is -0.757. The van der Waals surface area contributed by atoms with Gasteiger partial charge in [-0.05, 0) is 53.4 Å². The van der Waals surface area contributed by atoms with E-state index in [0.29, 0.717) is 25.8 Å². The Hall–Kier alpha value is -2.82. The van der Waals surface area contributed by atoms with E-state index < -0.39 is 17.6 Å². The number of nitrogens with zero attached hydrogens (tertiary/aromatic N) is 1. The van der Waals surface area contributed by atoms with Gasteiger partial charge in [0.1, 0.15) is 12.1 Å². The summed E-state index contributed by atoms with van der Waals surface area (Å²) >= 11 is 0. The molecular weight excluding hydrogens is 414 g/mol. The third kappa shape index (κ3) is 5.07. The highest BCUT2D eigenvalue weighted by molar-refractivity contribution is 5.85. The largest absolute Gasteiger partial charge is 0.479 e. The van der Waals surface area contributed by atoms with Crippen LogP contribution in [0.2, 0.25) is 0 Å². The molecule has 0 saturated heterocycles. The topological polar surface area (TPSA) is 66.8 Å². The van der Waals surface area contributed by atoms with Crippen molar-refractivity contribution in [2.75, 3.05) is 13.2 Å². The van der Waals surface area contributed by atoms with Crippen molar-refractivity contribution >= 4 is 12.1 Å². The molecule has 0 unspecified atom stereocenters. The van der Waals surface area contributed by atoms with Crippen LogP contribution in [0.25, 0.3) is 11.1 Å². The van der Waals surface area contributed by atoms with Crippen LogP contribution in [0.1, 0.15) is 70.9 Å². The molecule has 0 radical (unpaired) electrons. The van der Waals surface area contributed by atoms with Gasteiger partial charge in [-0.15, -0.1) is 0 Å². The minimum absolute atomic E-state index is 0.0562. The molecule has 5 heteroatoms. The molecule has 0 aromatic heterocycles. The van der Waals surface area contributed by atoms with E-state index in [4.69, 9.17) is 4.74 Å². The lowest BCUT2D eigenvalue weighted by atomic mass is 9.80. The second-order valence-corrected chi connectivity index (χ2v) is 9.99. The molecule has 0 fully saturated rings. The van der Waals surface area contributed by atoms with Gasteiger partial charge in [0.05, 0.1) is 0 Å². The first-order valence-corrected chi connectivity index (χ1v) is 12.1. The van der Waals surface area contributed by atoms with Crippen LogP contribution in [0, 0.1) is 11.8 Å². The second kappa shape index (κ2) is 10.4. The number of carbonyl (C=O) groups is 2. The Morgan fingerprint density at radius 2 is 1.42 bits per heavy atom. The minimum Gasteiger partial charge on any atom is -0.479 e. The maximum atomic E-state index is 13.5. The van der Waals surface area contributed by atoms with Crippen LogP contribution in [0.5, 0.6) is 0 Å². The van der Waals surface area contributed by atoms with Gasteiger partial charge in [-0.2, -0.15) is 0 Å². The van der Waals surface area contributed by atoms with Crippen molar-refractivity contribution in [1.82, 2.24) is 4.90 Å². The summed E-state index contributed by atoms with van der Waals surface area (Å²) in [4.78, 5) is 27.6. The van der Waals surface area contributed by atoms with Gasteiger partial charge >= 0.3 is 12.1 Å². The Morgan fingerprint density at radius 1 is 0.939 bits per heavy atom. The lowest BCUT2D eigenvalue weighted by Crippen LogP contribution is -2.59. The molecule has 178 valence electrons. The summed E-state index contributed by atoms with van der Waals surface area (Å²) in [6.45, 7) is 10.5. The Bertz CT molecular complexity index is 926. The molecule has 3 rings (SSSR count). The van der Waals surface area contributed by atoms with Gasteiger partial charge < -0.3 is 9.84 Å². The predicted molar refractivity (Wildman–Crippen MR) is 131 cm³/mol. The van der Waals surface area contributed by atoms with Crippen molar-refractivity contribution < 1.29 is 19.4 Å². The second-order valence-electron chi connectivity index (χ2n) is 9.99. The Labute approximate surface area is 197 Å². The number of amides is 1. The van der Waals surface area contributed by atoms with Crippen LogP contribution in [-0.4, -0.2) is 40.8 Å². The number of carbonyl (C=O) groups excluding carboxylic acids is 1. The van der Waals surface area contributed by atoms with Gasteiger partial charge in [0.25, 0.3) is 0 Å². The third-order valence-corrected chi connectivity index (χ3v) is 6.41. The van der Waals surface area contributed by atoms with E-state index in [-0.39, 0.29) is 24.4 Å². The fraction of sp³-hybridized carbons (Fsp3) is 0.500. The van der Waals surface area contributed by atoms with E-state index in [1.807, 2.05) is 58.9 Å². The van der Waals surface area contributed by atoms with Crippen LogP contribution < -0.4 is 0 Å². The molecule has 1 aliphatic carbocycles. The van der Waals surface area contributed by atoms with E-state index in [1.54, 1.807) is 0 Å². The average Bonchev–Trinajstić information content (AvgIpc) is 3.08. The van der Waals surface area contributed by atoms with E-state index in [1.165, 1.54) is 16.0 Å². The number of hydrogen-bond acceptors (Lipinski definition) is 3. The van der Waals surface area contributed by atoms with E-state index >= 15 is 0 Å². The molecule has 2 aromatic rings. The Kier molecular flexibility index (Phi) is 7.83. The molecule has 1 aliphatic rings. The molecule has 0 saturated carbocycles. The summed E-state index contributed by atoms with van der Waals surface area (Å²) < 4.78 is 5.90. The zero-order valence-corrected chi connectivity index (χ0v) is 20.5. The first kappa shape index (κ1) is 24.8. The van der Waals surface area contributed by atoms with Crippen molar-refractivity contribution in [3.05, 3.63) is 59.7 Å². The van der Waals surface area contributed by atoms with Gasteiger partial charge in [0, 0.05) is 12.5 Å². The van der Waals surface area contributed by atoms with Crippen molar-refractivity contribution in [3.63, 3.8) is 0 Å². The lowest BCUT2D eigenvalue weighted by Gasteiger charge is -2.42. The van der Waals surface area contributed by atoms with Crippen molar-refractivity contribution in [3.8, 4) is 11.1 Å². The highest BCUT2D eigenvalue weighted by Crippen LogP contribution is 2.44. The molecule has 5 nitrogen and oxygen atoms in total. The van der Waals surface area contributed by atoms with Crippen molar-refractivity contribution in [2.45, 2.75) is 65.3 Å². The average molecular weight is 452 g/mol. The number of ether oxygens (including phenoxy) is 1.